The highest BCUT2D eigenvalue weighted by atomic mass is 19.4. The van der Waals surface area contributed by atoms with E-state index in [1.165, 1.54) is 0 Å². The minimum atomic E-state index is -5.04. The molecule has 1 fully saturated rings. The van der Waals surface area contributed by atoms with Gasteiger partial charge in [-0.05, 0) is 11.8 Å². The number of esters is 1. The molecule has 1 aliphatic heterocycles. The predicted molar refractivity (Wildman–Crippen MR) is 63.8 cm³/mol. The number of halogens is 3. The first-order valence-electron chi connectivity index (χ1n) is 6.39. The smallest absolute Gasteiger partial charge is 0.434 e. The highest BCUT2D eigenvalue weighted by Gasteiger charge is 2.47. The Morgan fingerprint density at radius 3 is 2.29 bits per heavy atom. The molecule has 0 aromatic carbocycles. The van der Waals surface area contributed by atoms with Crippen LogP contribution in [0.3, 0.4) is 0 Å². The number of aliphatic hydroxyl groups excluding tert-OH is 1. The van der Waals surface area contributed by atoms with Gasteiger partial charge in [0.15, 0.2) is 0 Å². The Morgan fingerprint density at radius 1 is 1.29 bits per heavy atom. The topological polar surface area (TPSA) is 84.9 Å². The van der Waals surface area contributed by atoms with Crippen molar-refractivity contribution in [3.63, 3.8) is 0 Å². The van der Waals surface area contributed by atoms with Crippen molar-refractivity contribution in [3.8, 4) is 0 Å². The molecule has 1 saturated heterocycles. The van der Waals surface area contributed by atoms with Gasteiger partial charge in [0.2, 0.25) is 6.29 Å². The van der Waals surface area contributed by atoms with E-state index in [4.69, 9.17) is 9.47 Å². The highest BCUT2D eigenvalue weighted by Crippen LogP contribution is 2.32. The van der Waals surface area contributed by atoms with Crippen molar-refractivity contribution in [3.05, 3.63) is 0 Å². The maximum absolute atomic E-state index is 12.4. The lowest BCUT2D eigenvalue weighted by Crippen LogP contribution is -2.60. The first kappa shape index (κ1) is 17.7. The fourth-order valence-corrected chi connectivity index (χ4v) is 2.20. The third kappa shape index (κ3) is 4.31. The van der Waals surface area contributed by atoms with E-state index in [1.807, 2.05) is 0 Å². The number of nitrogens with one attached hydrogen (secondary N) is 1. The summed E-state index contributed by atoms with van der Waals surface area (Å²) in [7, 11) is 0. The molecule has 0 radical (unpaired) electrons. The highest BCUT2D eigenvalue weighted by molar-refractivity contribution is 5.82. The summed E-state index contributed by atoms with van der Waals surface area (Å²) in [5.74, 6) is -3.72. The van der Waals surface area contributed by atoms with Gasteiger partial charge in [-0.15, -0.1) is 0 Å². The standard InChI is InChI=1S/C12H18F3NO5/c1-5-6(2)9(16-11(19)12(13,14)15)10(20-7(3)18)21-8(5)4-17/h5-6,8-10,17H,4H2,1-3H3,(H,16,19)/t5-,6-,8?,9?,10+/m0/s1. The van der Waals surface area contributed by atoms with Crippen LogP contribution in [0, 0.1) is 11.8 Å². The summed E-state index contributed by atoms with van der Waals surface area (Å²) < 4.78 is 47.2. The minimum Gasteiger partial charge on any atom is -0.434 e. The number of carbonyl (C=O) groups is 2. The first-order valence-corrected chi connectivity index (χ1v) is 6.39. The van der Waals surface area contributed by atoms with Crippen LogP contribution in [0.25, 0.3) is 0 Å². The Balaban J connectivity index is 2.93. The van der Waals surface area contributed by atoms with Crippen LogP contribution in [0.5, 0.6) is 0 Å². The van der Waals surface area contributed by atoms with Gasteiger partial charge in [0.1, 0.15) is 0 Å². The van der Waals surface area contributed by atoms with Gasteiger partial charge in [0.25, 0.3) is 0 Å². The van der Waals surface area contributed by atoms with Crippen LogP contribution in [0.4, 0.5) is 13.2 Å². The van der Waals surface area contributed by atoms with E-state index in [0.717, 1.165) is 6.92 Å². The molecule has 0 bridgehead atoms. The molecule has 1 amide bonds. The van der Waals surface area contributed by atoms with Gasteiger partial charge in [-0.25, -0.2) is 0 Å². The van der Waals surface area contributed by atoms with E-state index < -0.39 is 42.4 Å². The second kappa shape index (κ2) is 6.61. The molecule has 0 spiro atoms. The van der Waals surface area contributed by atoms with Crippen molar-refractivity contribution in [1.29, 1.82) is 0 Å². The van der Waals surface area contributed by atoms with Crippen LogP contribution in [-0.4, -0.2) is 48.2 Å². The molecule has 2 N–H and O–H groups in total. The van der Waals surface area contributed by atoms with E-state index in [-0.39, 0.29) is 12.5 Å². The van der Waals surface area contributed by atoms with Gasteiger partial charge in [-0.2, -0.15) is 13.2 Å². The lowest BCUT2D eigenvalue weighted by atomic mass is 9.82. The Morgan fingerprint density at radius 2 is 1.86 bits per heavy atom. The molecule has 122 valence electrons. The monoisotopic (exact) mass is 313 g/mol. The zero-order valence-corrected chi connectivity index (χ0v) is 11.8. The number of aliphatic hydroxyl groups is 1. The number of hydrogen-bond donors (Lipinski definition) is 2. The predicted octanol–water partition coefficient (Wildman–Crippen LogP) is 0.586. The molecule has 21 heavy (non-hydrogen) atoms. The summed E-state index contributed by atoms with van der Waals surface area (Å²) in [5, 5.41) is 11.0. The maximum Gasteiger partial charge on any atom is 0.471 e. The zero-order valence-electron chi connectivity index (χ0n) is 11.8. The van der Waals surface area contributed by atoms with Crippen molar-refractivity contribution >= 4 is 11.9 Å². The molecule has 0 aromatic heterocycles. The number of amides is 1. The normalized spacial score (nSPS) is 33.4. The molecule has 0 saturated carbocycles. The third-order valence-corrected chi connectivity index (χ3v) is 3.60. The Labute approximate surface area is 119 Å². The number of carbonyl (C=O) groups excluding carboxylic acids is 2. The molecule has 0 aliphatic carbocycles. The van der Waals surface area contributed by atoms with Crippen LogP contribution in [0.1, 0.15) is 20.8 Å². The average molecular weight is 313 g/mol. The summed E-state index contributed by atoms with van der Waals surface area (Å²) in [6.45, 7) is 3.96. The summed E-state index contributed by atoms with van der Waals surface area (Å²) in [6.07, 6.45) is -7.11. The van der Waals surface area contributed by atoms with E-state index >= 15 is 0 Å². The quantitative estimate of drug-likeness (QED) is 0.745. The molecule has 0 aromatic rings. The third-order valence-electron chi connectivity index (χ3n) is 3.60. The largest absolute Gasteiger partial charge is 0.471 e. The number of hydrogen-bond acceptors (Lipinski definition) is 5. The van der Waals surface area contributed by atoms with Crippen molar-refractivity contribution in [2.24, 2.45) is 11.8 Å². The lowest BCUT2D eigenvalue weighted by Gasteiger charge is -2.43. The fourth-order valence-electron chi connectivity index (χ4n) is 2.20. The van der Waals surface area contributed by atoms with Gasteiger partial charge < -0.3 is 19.9 Å². The Bertz CT molecular complexity index is 401. The second-order valence-corrected chi connectivity index (χ2v) is 5.05. The summed E-state index contributed by atoms with van der Waals surface area (Å²) in [4.78, 5) is 22.1. The van der Waals surface area contributed by atoms with Crippen LogP contribution in [-0.2, 0) is 19.1 Å². The molecular formula is C12H18F3NO5. The lowest BCUT2D eigenvalue weighted by molar-refractivity contribution is -0.239. The fraction of sp³-hybridized carbons (Fsp3) is 0.833. The van der Waals surface area contributed by atoms with Gasteiger partial charge in [0, 0.05) is 6.92 Å². The molecule has 5 atom stereocenters. The molecule has 1 rings (SSSR count). The molecule has 6 nitrogen and oxygen atoms in total. The van der Waals surface area contributed by atoms with Gasteiger partial charge in [-0.1, -0.05) is 13.8 Å². The molecular weight excluding hydrogens is 295 g/mol. The van der Waals surface area contributed by atoms with Gasteiger partial charge in [0.05, 0.1) is 18.8 Å². The van der Waals surface area contributed by atoms with Crippen molar-refractivity contribution in [1.82, 2.24) is 5.32 Å². The SMILES string of the molecule is CC(=O)O[C@@H]1OC(CO)[C@@H](C)[C@H](C)C1NC(=O)C(F)(F)F. The van der Waals surface area contributed by atoms with Crippen molar-refractivity contribution < 1.29 is 37.3 Å². The van der Waals surface area contributed by atoms with E-state index in [0.29, 0.717) is 0 Å². The molecule has 9 heteroatoms. The van der Waals surface area contributed by atoms with E-state index in [1.54, 1.807) is 19.2 Å². The molecule has 2 unspecified atom stereocenters. The van der Waals surface area contributed by atoms with Crippen LogP contribution >= 0.6 is 0 Å². The van der Waals surface area contributed by atoms with E-state index in [2.05, 4.69) is 0 Å². The zero-order chi connectivity index (χ0) is 16.4. The van der Waals surface area contributed by atoms with Crippen LogP contribution < -0.4 is 5.32 Å². The first-order chi connectivity index (χ1) is 9.57. The Hall–Kier alpha value is -1.35. The number of rotatable bonds is 3. The number of ether oxygens (including phenoxy) is 2. The number of alkyl halides is 3. The maximum atomic E-state index is 12.4. The van der Waals surface area contributed by atoms with Gasteiger partial charge >= 0.3 is 18.1 Å². The molecule has 1 heterocycles. The summed E-state index contributed by atoms with van der Waals surface area (Å²) >= 11 is 0. The summed E-state index contributed by atoms with van der Waals surface area (Å²) in [6, 6.07) is -1.15. The Kier molecular flexibility index (Phi) is 5.57. The second-order valence-electron chi connectivity index (χ2n) is 5.05. The average Bonchev–Trinajstić information content (AvgIpc) is 2.36. The summed E-state index contributed by atoms with van der Waals surface area (Å²) in [5.41, 5.74) is 0. The van der Waals surface area contributed by atoms with Crippen LogP contribution in [0.15, 0.2) is 0 Å². The van der Waals surface area contributed by atoms with Crippen molar-refractivity contribution in [2.45, 2.75) is 45.4 Å². The van der Waals surface area contributed by atoms with Gasteiger partial charge in [-0.3, -0.25) is 9.59 Å². The van der Waals surface area contributed by atoms with E-state index in [9.17, 15) is 27.9 Å². The molecule has 1 aliphatic rings. The van der Waals surface area contributed by atoms with Crippen molar-refractivity contribution in [2.75, 3.05) is 6.61 Å². The minimum absolute atomic E-state index is 0.333. The van der Waals surface area contributed by atoms with Crippen LogP contribution in [0.2, 0.25) is 0 Å².